The molecule has 2 aromatic carbocycles. The molecule has 4 rings (SSSR count). The summed E-state index contributed by atoms with van der Waals surface area (Å²) in [5.41, 5.74) is 1.62. The van der Waals surface area contributed by atoms with Gasteiger partial charge < -0.3 is 0 Å². The molecule has 0 N–H and O–H groups in total. The maximum absolute atomic E-state index is 13.0. The van der Waals surface area contributed by atoms with Crippen LogP contribution in [0.2, 0.25) is 5.02 Å². The average molecular weight is 348 g/mol. The molecule has 2 aromatic heterocycles. The van der Waals surface area contributed by atoms with Crippen molar-refractivity contribution in [2.45, 2.75) is 6.18 Å². The molecule has 120 valence electrons. The normalized spacial score (nSPS) is 12.2. The molecule has 7 heteroatoms. The van der Waals surface area contributed by atoms with Crippen LogP contribution >= 0.6 is 11.6 Å². The zero-order valence-electron chi connectivity index (χ0n) is 12.0. The van der Waals surface area contributed by atoms with Crippen LogP contribution in [0.5, 0.6) is 0 Å². The number of pyridine rings is 1. The maximum Gasteiger partial charge on any atom is 0.416 e. The van der Waals surface area contributed by atoms with Crippen molar-refractivity contribution < 1.29 is 13.2 Å². The minimum Gasteiger partial charge on any atom is -0.298 e. The van der Waals surface area contributed by atoms with Gasteiger partial charge in [-0.05, 0) is 36.4 Å². The Balaban J connectivity index is 2.01. The summed E-state index contributed by atoms with van der Waals surface area (Å²) in [7, 11) is 0. The summed E-state index contributed by atoms with van der Waals surface area (Å²) in [5.74, 6) is 0. The zero-order chi connectivity index (χ0) is 16.9. The summed E-state index contributed by atoms with van der Waals surface area (Å²) in [6.07, 6.45) is -1.32. The van der Waals surface area contributed by atoms with Gasteiger partial charge in [0.2, 0.25) is 0 Å². The van der Waals surface area contributed by atoms with Crippen molar-refractivity contribution in [2.24, 2.45) is 0 Å². The highest BCUT2D eigenvalue weighted by Gasteiger charge is 2.30. The molecule has 0 fully saturated rings. The number of halogens is 4. The van der Waals surface area contributed by atoms with Crippen LogP contribution in [0, 0.1) is 0 Å². The van der Waals surface area contributed by atoms with Gasteiger partial charge in [-0.2, -0.15) is 13.2 Å². The lowest BCUT2D eigenvalue weighted by atomic mass is 10.1. The molecule has 4 aromatic rings. The third kappa shape index (κ3) is 2.39. The molecule has 0 atom stereocenters. The molecule has 0 unspecified atom stereocenters. The quantitative estimate of drug-likeness (QED) is 0.471. The van der Waals surface area contributed by atoms with E-state index < -0.39 is 11.7 Å². The maximum atomic E-state index is 13.0. The Labute approximate surface area is 139 Å². The predicted molar refractivity (Wildman–Crippen MR) is 86.4 cm³/mol. The van der Waals surface area contributed by atoms with Crippen molar-refractivity contribution in [3.05, 3.63) is 65.6 Å². The summed E-state index contributed by atoms with van der Waals surface area (Å²) < 4.78 is 40.5. The number of aromatic nitrogens is 3. The summed E-state index contributed by atoms with van der Waals surface area (Å²) in [6.45, 7) is 0. The first kappa shape index (κ1) is 15.0. The molecule has 0 spiro atoms. The van der Waals surface area contributed by atoms with Crippen LogP contribution in [0.4, 0.5) is 13.2 Å². The van der Waals surface area contributed by atoms with Crippen LogP contribution < -0.4 is 0 Å². The highest BCUT2D eigenvalue weighted by molar-refractivity contribution is 6.31. The Morgan fingerprint density at radius 1 is 0.958 bits per heavy atom. The summed E-state index contributed by atoms with van der Waals surface area (Å²) in [5, 5.41) is 1.31. The number of alkyl halides is 3. The first-order chi connectivity index (χ1) is 11.4. The van der Waals surface area contributed by atoms with Crippen molar-refractivity contribution in [1.29, 1.82) is 0 Å². The van der Waals surface area contributed by atoms with E-state index >= 15 is 0 Å². The van der Waals surface area contributed by atoms with Crippen LogP contribution in [-0.4, -0.2) is 14.5 Å². The molecular formula is C17H9ClF3N3. The zero-order valence-corrected chi connectivity index (χ0v) is 12.8. The molecule has 0 radical (unpaired) electrons. The number of fused-ring (bicyclic) bond motifs is 3. The number of hydrogen-bond acceptors (Lipinski definition) is 2. The third-order valence-corrected chi connectivity index (χ3v) is 4.02. The van der Waals surface area contributed by atoms with Gasteiger partial charge in [-0.1, -0.05) is 17.7 Å². The van der Waals surface area contributed by atoms with E-state index in [0.717, 1.165) is 17.5 Å². The van der Waals surface area contributed by atoms with E-state index in [1.807, 2.05) is 0 Å². The van der Waals surface area contributed by atoms with E-state index in [-0.39, 0.29) is 0 Å². The number of rotatable bonds is 1. The Kier molecular flexibility index (Phi) is 3.25. The number of imidazole rings is 1. The molecule has 0 aliphatic rings. The van der Waals surface area contributed by atoms with Gasteiger partial charge in [0.1, 0.15) is 11.8 Å². The Bertz CT molecular complexity index is 1070. The van der Waals surface area contributed by atoms with Crippen molar-refractivity contribution in [1.82, 2.24) is 14.5 Å². The van der Waals surface area contributed by atoms with Gasteiger partial charge >= 0.3 is 6.18 Å². The fraction of sp³-hybridized carbons (Fsp3) is 0.0588. The molecule has 0 aliphatic heterocycles. The van der Waals surface area contributed by atoms with Crippen molar-refractivity contribution in [2.75, 3.05) is 0 Å². The second kappa shape index (κ2) is 5.21. The third-order valence-electron chi connectivity index (χ3n) is 3.79. The summed E-state index contributed by atoms with van der Waals surface area (Å²) >= 11 is 5.98. The highest BCUT2D eigenvalue weighted by Crippen LogP contribution is 2.32. The van der Waals surface area contributed by atoms with E-state index in [2.05, 4.69) is 9.97 Å². The van der Waals surface area contributed by atoms with Crippen molar-refractivity contribution >= 4 is 33.5 Å². The van der Waals surface area contributed by atoms with Gasteiger partial charge in [0.15, 0.2) is 0 Å². The van der Waals surface area contributed by atoms with Gasteiger partial charge in [0.25, 0.3) is 0 Å². The predicted octanol–water partition coefficient (Wildman–Crippen LogP) is 5.25. The molecule has 0 bridgehead atoms. The van der Waals surface area contributed by atoms with Crippen LogP contribution in [-0.2, 0) is 6.18 Å². The van der Waals surface area contributed by atoms with Gasteiger partial charge in [0, 0.05) is 16.1 Å². The topological polar surface area (TPSA) is 30.7 Å². The highest BCUT2D eigenvalue weighted by atomic mass is 35.5. The van der Waals surface area contributed by atoms with Crippen LogP contribution in [0.1, 0.15) is 5.56 Å². The van der Waals surface area contributed by atoms with Gasteiger partial charge in [0.05, 0.1) is 22.8 Å². The van der Waals surface area contributed by atoms with Crippen LogP contribution in [0.25, 0.3) is 27.6 Å². The fourth-order valence-corrected chi connectivity index (χ4v) is 2.86. The lowest BCUT2D eigenvalue weighted by Gasteiger charge is -2.11. The van der Waals surface area contributed by atoms with Gasteiger partial charge in [-0.25, -0.2) is 4.98 Å². The summed E-state index contributed by atoms with van der Waals surface area (Å²) in [4.78, 5) is 8.54. The number of nitrogens with zero attached hydrogens (tertiary/aromatic N) is 3. The number of hydrogen-bond donors (Lipinski definition) is 0. The molecule has 0 amide bonds. The molecule has 3 nitrogen and oxygen atoms in total. The standard InChI is InChI=1S/C17H9ClF3N3/c18-11-4-5-13-14(7-11)22-8-15-16(13)24(9-23-15)12-3-1-2-10(6-12)17(19,20)21/h1-9H. The van der Waals surface area contributed by atoms with E-state index in [0.29, 0.717) is 27.3 Å². The Morgan fingerprint density at radius 2 is 1.79 bits per heavy atom. The van der Waals surface area contributed by atoms with Crippen molar-refractivity contribution in [3.8, 4) is 5.69 Å². The molecule has 0 aliphatic carbocycles. The SMILES string of the molecule is FC(F)(F)c1cccc(-n2cnc3cnc4cc(Cl)ccc4c32)c1. The average Bonchev–Trinajstić information content (AvgIpc) is 2.98. The van der Waals surface area contributed by atoms with E-state index in [1.165, 1.54) is 12.4 Å². The minimum absolute atomic E-state index is 0.384. The second-order valence-electron chi connectivity index (χ2n) is 5.32. The lowest BCUT2D eigenvalue weighted by Crippen LogP contribution is -2.05. The fourth-order valence-electron chi connectivity index (χ4n) is 2.69. The Morgan fingerprint density at radius 3 is 2.58 bits per heavy atom. The molecule has 0 saturated carbocycles. The number of benzene rings is 2. The van der Waals surface area contributed by atoms with E-state index in [4.69, 9.17) is 11.6 Å². The molecular weight excluding hydrogens is 339 g/mol. The Hall–Kier alpha value is -2.60. The summed E-state index contributed by atoms with van der Waals surface area (Å²) in [6, 6.07) is 10.3. The molecule has 2 heterocycles. The first-order valence-corrected chi connectivity index (χ1v) is 7.40. The van der Waals surface area contributed by atoms with Crippen LogP contribution in [0.15, 0.2) is 55.0 Å². The largest absolute Gasteiger partial charge is 0.416 e. The molecule has 0 saturated heterocycles. The van der Waals surface area contributed by atoms with Crippen LogP contribution in [0.3, 0.4) is 0 Å². The monoisotopic (exact) mass is 347 g/mol. The smallest absolute Gasteiger partial charge is 0.298 e. The second-order valence-corrected chi connectivity index (χ2v) is 5.75. The lowest BCUT2D eigenvalue weighted by molar-refractivity contribution is -0.137. The minimum atomic E-state index is -4.40. The molecule has 24 heavy (non-hydrogen) atoms. The van der Waals surface area contributed by atoms with Crippen molar-refractivity contribution in [3.63, 3.8) is 0 Å². The van der Waals surface area contributed by atoms with Gasteiger partial charge in [-0.3, -0.25) is 9.55 Å². The first-order valence-electron chi connectivity index (χ1n) is 7.02. The van der Waals surface area contributed by atoms with Gasteiger partial charge in [-0.15, -0.1) is 0 Å². The van der Waals surface area contributed by atoms with E-state index in [1.54, 1.807) is 35.0 Å². The van der Waals surface area contributed by atoms with E-state index in [9.17, 15) is 13.2 Å².